The van der Waals surface area contributed by atoms with Crippen LogP contribution in [0.1, 0.15) is 109 Å². The molecule has 0 unspecified atom stereocenters. The number of aliphatic hydroxyl groups is 1. The van der Waals surface area contributed by atoms with E-state index in [1.807, 2.05) is 0 Å². The zero-order chi connectivity index (χ0) is 20.5. The Bertz CT molecular complexity index is 522. The summed E-state index contributed by atoms with van der Waals surface area (Å²) in [5.41, 5.74) is 0.0372. The smallest absolute Gasteiger partial charge is 0.288 e. The third-order valence-corrected chi connectivity index (χ3v) is 5.45. The van der Waals surface area contributed by atoms with E-state index < -0.39 is 0 Å². The molecular weight excluding hydrogens is 352 g/mol. The second kappa shape index (κ2) is 16.6. The van der Waals surface area contributed by atoms with Gasteiger partial charge < -0.3 is 14.3 Å². The minimum absolute atomic E-state index is 0.229. The fourth-order valence-corrected chi connectivity index (χ4v) is 3.55. The largest absolute Gasteiger partial charge is 0.465 e. The first-order valence-corrected chi connectivity index (χ1v) is 11.6. The molecule has 0 saturated carbocycles. The van der Waals surface area contributed by atoms with Crippen molar-refractivity contribution >= 4 is 0 Å². The van der Waals surface area contributed by atoms with E-state index in [1.54, 1.807) is 0 Å². The lowest BCUT2D eigenvalue weighted by Gasteiger charge is -2.17. The molecule has 0 aliphatic rings. The van der Waals surface area contributed by atoms with Gasteiger partial charge in [-0.05, 0) is 18.8 Å². The molecule has 0 spiro atoms. The van der Waals surface area contributed by atoms with Crippen molar-refractivity contribution in [3.8, 4) is 5.95 Å². The molecule has 28 heavy (non-hydrogen) atoms. The molecule has 4 nitrogen and oxygen atoms in total. The number of rotatable bonds is 18. The molecule has 0 bridgehead atoms. The molecule has 1 aromatic rings. The van der Waals surface area contributed by atoms with Crippen LogP contribution in [0.2, 0.25) is 0 Å². The summed E-state index contributed by atoms with van der Waals surface area (Å²) >= 11 is 0. The first-order valence-electron chi connectivity index (χ1n) is 11.6. The van der Waals surface area contributed by atoms with Crippen molar-refractivity contribution < 1.29 is 14.3 Å². The van der Waals surface area contributed by atoms with Crippen LogP contribution >= 0.6 is 0 Å². The van der Waals surface area contributed by atoms with E-state index in [9.17, 15) is 4.79 Å². The van der Waals surface area contributed by atoms with Crippen LogP contribution in [0.4, 0.5) is 0 Å². The Morgan fingerprint density at radius 3 is 1.93 bits per heavy atom. The van der Waals surface area contributed by atoms with Gasteiger partial charge in [0.2, 0.25) is 0 Å². The molecule has 162 valence electrons. The van der Waals surface area contributed by atoms with Crippen LogP contribution in [0, 0.1) is 5.92 Å². The Labute approximate surface area is 171 Å². The first kappa shape index (κ1) is 24.7. The lowest BCUT2D eigenvalue weighted by Crippen LogP contribution is -2.14. The molecule has 1 N–H and O–H groups in total. The summed E-state index contributed by atoms with van der Waals surface area (Å²) in [5.74, 6) is 0.776. The lowest BCUT2D eigenvalue weighted by atomic mass is 9.95. The van der Waals surface area contributed by atoms with Gasteiger partial charge in [-0.25, -0.2) is 0 Å². The van der Waals surface area contributed by atoms with Gasteiger partial charge in [0.1, 0.15) is 6.26 Å². The van der Waals surface area contributed by atoms with Gasteiger partial charge in [-0.1, -0.05) is 90.9 Å². The molecular formula is C24H42O4. The van der Waals surface area contributed by atoms with Crippen LogP contribution in [0.3, 0.4) is 0 Å². The predicted octanol–water partition coefficient (Wildman–Crippen LogP) is 6.63. The number of aliphatic hydroxyl groups excluding tert-OH is 1. The number of ether oxygens (including phenoxy) is 1. The Morgan fingerprint density at radius 2 is 1.43 bits per heavy atom. The third-order valence-electron chi connectivity index (χ3n) is 5.45. The maximum atomic E-state index is 11.8. The Kier molecular flexibility index (Phi) is 14.7. The van der Waals surface area contributed by atoms with Crippen LogP contribution in [0.15, 0.2) is 21.5 Å². The predicted molar refractivity (Wildman–Crippen MR) is 116 cm³/mol. The van der Waals surface area contributed by atoms with Crippen molar-refractivity contribution in [2.75, 3.05) is 6.61 Å². The summed E-state index contributed by atoms with van der Waals surface area (Å²) in [4.78, 5) is 11.8. The third kappa shape index (κ3) is 11.5. The van der Waals surface area contributed by atoms with Crippen molar-refractivity contribution in [2.45, 2.75) is 110 Å². The normalized spacial score (nSPS) is 11.3. The van der Waals surface area contributed by atoms with Gasteiger partial charge in [0, 0.05) is 0 Å². The summed E-state index contributed by atoms with van der Waals surface area (Å²) < 4.78 is 11.1. The molecule has 0 amide bonds. The molecule has 1 aromatic heterocycles. The van der Waals surface area contributed by atoms with Gasteiger partial charge >= 0.3 is 0 Å². The highest BCUT2D eigenvalue weighted by Crippen LogP contribution is 2.21. The monoisotopic (exact) mass is 394 g/mol. The van der Waals surface area contributed by atoms with Crippen molar-refractivity contribution in [3.63, 3.8) is 0 Å². The summed E-state index contributed by atoms with van der Waals surface area (Å²) in [5, 5.41) is 9.08. The molecule has 4 heteroatoms. The highest BCUT2D eigenvalue weighted by atomic mass is 16.6. The fraction of sp³-hybridized carbons (Fsp3) is 0.792. The highest BCUT2D eigenvalue weighted by molar-refractivity contribution is 5.13. The standard InChI is InChI=1S/C24H42O4/c1-3-5-7-9-11-13-15-21(16-14-12-10-8-6-4-2)19-27-24-17-23(26)22(18-25)20-28-24/h17,20-21,25H,3-16,18-19H2,1-2H3. The SMILES string of the molecule is CCCCCCCCC(CCCCCCCC)COc1cc(=O)c(CO)co1. The number of hydrogen-bond acceptors (Lipinski definition) is 4. The Morgan fingerprint density at radius 1 is 0.893 bits per heavy atom. The van der Waals surface area contributed by atoms with Gasteiger partial charge in [-0.15, -0.1) is 0 Å². The number of hydrogen-bond donors (Lipinski definition) is 1. The molecule has 0 atom stereocenters. The summed E-state index contributed by atoms with van der Waals surface area (Å²) in [6.45, 7) is 4.80. The van der Waals surface area contributed by atoms with Gasteiger partial charge in [0.15, 0.2) is 5.43 Å². The minimum atomic E-state index is -0.304. The van der Waals surface area contributed by atoms with E-state index in [0.717, 1.165) is 0 Å². The molecule has 1 heterocycles. The molecule has 0 saturated heterocycles. The molecule has 0 aromatic carbocycles. The molecule has 0 fully saturated rings. The van der Waals surface area contributed by atoms with E-state index in [2.05, 4.69) is 13.8 Å². The second-order valence-corrected chi connectivity index (χ2v) is 8.04. The first-order chi connectivity index (χ1) is 13.7. The summed E-state index contributed by atoms with van der Waals surface area (Å²) in [6.07, 6.45) is 19.4. The molecule has 1 rings (SSSR count). The maximum absolute atomic E-state index is 11.8. The van der Waals surface area contributed by atoms with E-state index in [4.69, 9.17) is 14.3 Å². The van der Waals surface area contributed by atoms with Crippen LogP contribution < -0.4 is 10.2 Å². The molecule has 0 radical (unpaired) electrons. The van der Waals surface area contributed by atoms with Gasteiger partial charge in [0.05, 0.1) is 24.8 Å². The van der Waals surface area contributed by atoms with E-state index in [-0.39, 0.29) is 23.5 Å². The van der Waals surface area contributed by atoms with Crippen LogP contribution in [-0.2, 0) is 6.61 Å². The zero-order valence-electron chi connectivity index (χ0n) is 18.2. The highest BCUT2D eigenvalue weighted by Gasteiger charge is 2.12. The Balaban J connectivity index is 2.39. The molecule has 0 aliphatic carbocycles. The number of unbranched alkanes of at least 4 members (excludes halogenated alkanes) is 10. The van der Waals surface area contributed by atoms with E-state index in [1.165, 1.54) is 102 Å². The average molecular weight is 395 g/mol. The average Bonchev–Trinajstić information content (AvgIpc) is 2.70. The zero-order valence-corrected chi connectivity index (χ0v) is 18.2. The van der Waals surface area contributed by atoms with Gasteiger partial charge in [-0.2, -0.15) is 0 Å². The van der Waals surface area contributed by atoms with Crippen LogP contribution in [0.5, 0.6) is 5.95 Å². The quantitative estimate of drug-likeness (QED) is 0.284. The van der Waals surface area contributed by atoms with Crippen LogP contribution in [0.25, 0.3) is 0 Å². The van der Waals surface area contributed by atoms with Crippen LogP contribution in [-0.4, -0.2) is 11.7 Å². The Hall–Kier alpha value is -1.29. The lowest BCUT2D eigenvalue weighted by molar-refractivity contribution is 0.177. The van der Waals surface area contributed by atoms with Crippen molar-refractivity contribution in [1.82, 2.24) is 0 Å². The summed E-state index contributed by atoms with van der Waals surface area (Å²) in [7, 11) is 0. The second-order valence-electron chi connectivity index (χ2n) is 8.04. The van der Waals surface area contributed by atoms with Crippen molar-refractivity contribution in [2.24, 2.45) is 5.92 Å². The fourth-order valence-electron chi connectivity index (χ4n) is 3.55. The minimum Gasteiger partial charge on any atom is -0.465 e. The van der Waals surface area contributed by atoms with Gasteiger partial charge in [-0.3, -0.25) is 4.79 Å². The van der Waals surface area contributed by atoms with Crippen molar-refractivity contribution in [1.29, 1.82) is 0 Å². The van der Waals surface area contributed by atoms with Crippen molar-refractivity contribution in [3.05, 3.63) is 28.1 Å². The van der Waals surface area contributed by atoms with E-state index in [0.29, 0.717) is 12.5 Å². The molecule has 0 aliphatic heterocycles. The maximum Gasteiger partial charge on any atom is 0.288 e. The summed E-state index contributed by atoms with van der Waals surface area (Å²) in [6, 6.07) is 1.35. The van der Waals surface area contributed by atoms with Gasteiger partial charge in [0.25, 0.3) is 5.95 Å². The van der Waals surface area contributed by atoms with E-state index >= 15 is 0 Å². The topological polar surface area (TPSA) is 59.7 Å².